The Labute approximate surface area is 143 Å². The number of nitrogens with one attached hydrogen (secondary N) is 1. The summed E-state index contributed by atoms with van der Waals surface area (Å²) in [7, 11) is 0. The van der Waals surface area contributed by atoms with Crippen molar-refractivity contribution in [2.24, 2.45) is 0 Å². The van der Waals surface area contributed by atoms with Gasteiger partial charge in [0.2, 0.25) is 0 Å². The molecule has 2 aromatic rings. The first-order valence-corrected chi connectivity index (χ1v) is 8.74. The van der Waals surface area contributed by atoms with Gasteiger partial charge in [0.1, 0.15) is 4.32 Å². The summed E-state index contributed by atoms with van der Waals surface area (Å²) < 4.78 is 0.517. The molecule has 110 valence electrons. The molecule has 1 saturated heterocycles. The molecular weight excluding hydrogens is 330 g/mol. The van der Waals surface area contributed by atoms with E-state index in [9.17, 15) is 4.79 Å². The van der Waals surface area contributed by atoms with Gasteiger partial charge < -0.3 is 5.32 Å². The molecule has 2 aromatic carbocycles. The smallest absolute Gasteiger partial charge is 0.263 e. The van der Waals surface area contributed by atoms with Gasteiger partial charge in [-0.15, -0.1) is 0 Å². The molecule has 0 aliphatic carbocycles. The van der Waals surface area contributed by atoms with E-state index in [0.29, 0.717) is 9.23 Å². The molecule has 2 nitrogen and oxygen atoms in total. The lowest BCUT2D eigenvalue weighted by atomic mass is 10.2. The Morgan fingerprint density at radius 3 is 2.50 bits per heavy atom. The molecule has 0 aromatic heterocycles. The number of rotatable bonds is 3. The Morgan fingerprint density at radius 2 is 1.86 bits per heavy atom. The molecule has 1 fully saturated rings. The van der Waals surface area contributed by atoms with E-state index in [1.807, 2.05) is 30.3 Å². The van der Waals surface area contributed by atoms with Gasteiger partial charge in [0.05, 0.1) is 4.91 Å². The molecule has 1 aliphatic heterocycles. The second-order valence-electron chi connectivity index (χ2n) is 4.79. The van der Waals surface area contributed by atoms with E-state index in [1.165, 1.54) is 27.1 Å². The Hall–Kier alpha value is -1.56. The molecule has 22 heavy (non-hydrogen) atoms. The summed E-state index contributed by atoms with van der Waals surface area (Å²) in [6.07, 6.45) is 1.86. The normalized spacial score (nSPS) is 16.1. The molecule has 1 amide bonds. The Balaban J connectivity index is 1.76. The zero-order chi connectivity index (χ0) is 15.5. The molecule has 0 spiro atoms. The predicted octanol–water partition coefficient (Wildman–Crippen LogP) is 4.64. The monoisotopic (exact) mass is 343 g/mol. The molecule has 5 heteroatoms. The van der Waals surface area contributed by atoms with E-state index < -0.39 is 0 Å². The third kappa shape index (κ3) is 3.61. The lowest BCUT2D eigenvalue weighted by Gasteiger charge is -2.05. The van der Waals surface area contributed by atoms with Crippen LogP contribution in [0, 0.1) is 6.92 Å². The van der Waals surface area contributed by atoms with Gasteiger partial charge >= 0.3 is 0 Å². The van der Waals surface area contributed by atoms with Crippen LogP contribution < -0.4 is 5.32 Å². The highest BCUT2D eigenvalue weighted by molar-refractivity contribution is 8.26. The van der Waals surface area contributed by atoms with Crippen LogP contribution in [0.2, 0.25) is 0 Å². The second-order valence-corrected chi connectivity index (χ2v) is 7.62. The Kier molecular flexibility index (Phi) is 4.66. The largest absolute Gasteiger partial charge is 0.307 e. The molecule has 0 radical (unpaired) electrons. The van der Waals surface area contributed by atoms with Crippen molar-refractivity contribution in [3.63, 3.8) is 0 Å². The van der Waals surface area contributed by atoms with Crippen molar-refractivity contribution in [2.75, 3.05) is 0 Å². The van der Waals surface area contributed by atoms with Crippen LogP contribution in [0.5, 0.6) is 0 Å². The van der Waals surface area contributed by atoms with E-state index in [2.05, 4.69) is 36.5 Å². The lowest BCUT2D eigenvalue weighted by Crippen LogP contribution is -2.17. The van der Waals surface area contributed by atoms with Crippen molar-refractivity contribution >= 4 is 52.0 Å². The third-order valence-corrected chi connectivity index (χ3v) is 5.49. The fraction of sp³-hybridized carbons (Fsp3) is 0.0588. The SMILES string of the molecule is Cc1ccccc1Sc1ccc(/C=C2\SC(=S)NC2=O)cc1. The number of hydrogen-bond acceptors (Lipinski definition) is 4. The zero-order valence-electron chi connectivity index (χ0n) is 11.8. The van der Waals surface area contributed by atoms with Crippen LogP contribution in [0.3, 0.4) is 0 Å². The summed E-state index contributed by atoms with van der Waals surface area (Å²) in [6.45, 7) is 2.11. The molecule has 0 unspecified atom stereocenters. The van der Waals surface area contributed by atoms with E-state index in [1.54, 1.807) is 11.8 Å². The first-order valence-electron chi connectivity index (χ1n) is 6.70. The van der Waals surface area contributed by atoms with Gasteiger partial charge in [-0.05, 0) is 42.3 Å². The molecule has 1 aliphatic rings. The minimum absolute atomic E-state index is 0.117. The van der Waals surface area contributed by atoms with Gasteiger partial charge in [0.15, 0.2) is 0 Å². The predicted molar refractivity (Wildman–Crippen MR) is 98.1 cm³/mol. The number of thiocarbonyl (C=S) groups is 1. The van der Waals surface area contributed by atoms with Crippen LogP contribution >= 0.6 is 35.7 Å². The van der Waals surface area contributed by atoms with Gasteiger partial charge in [0.25, 0.3) is 5.91 Å². The van der Waals surface area contributed by atoms with Crippen LogP contribution in [-0.2, 0) is 4.79 Å². The highest BCUT2D eigenvalue weighted by Gasteiger charge is 2.21. The van der Waals surface area contributed by atoms with Crippen molar-refractivity contribution in [3.05, 3.63) is 64.6 Å². The highest BCUT2D eigenvalue weighted by Crippen LogP contribution is 2.31. The summed E-state index contributed by atoms with van der Waals surface area (Å²) in [5.41, 5.74) is 2.27. The quantitative estimate of drug-likeness (QED) is 0.649. The second kappa shape index (κ2) is 6.69. The first kappa shape index (κ1) is 15.3. The van der Waals surface area contributed by atoms with Gasteiger partial charge in [0, 0.05) is 9.79 Å². The number of aryl methyl sites for hydroxylation is 1. The Morgan fingerprint density at radius 1 is 1.14 bits per heavy atom. The maximum Gasteiger partial charge on any atom is 0.263 e. The minimum Gasteiger partial charge on any atom is -0.307 e. The van der Waals surface area contributed by atoms with Gasteiger partial charge in [-0.25, -0.2) is 0 Å². The third-order valence-electron chi connectivity index (χ3n) is 3.14. The van der Waals surface area contributed by atoms with Crippen molar-refractivity contribution < 1.29 is 4.79 Å². The maximum atomic E-state index is 11.6. The molecule has 1 N–H and O–H groups in total. The van der Waals surface area contributed by atoms with Crippen molar-refractivity contribution in [1.82, 2.24) is 5.32 Å². The van der Waals surface area contributed by atoms with Crippen molar-refractivity contribution in [3.8, 4) is 0 Å². The van der Waals surface area contributed by atoms with Gasteiger partial charge in [-0.1, -0.05) is 66.1 Å². The summed E-state index contributed by atoms with van der Waals surface area (Å²) in [6, 6.07) is 16.5. The topological polar surface area (TPSA) is 29.1 Å². The lowest BCUT2D eigenvalue weighted by molar-refractivity contribution is -0.115. The van der Waals surface area contributed by atoms with E-state index in [-0.39, 0.29) is 5.91 Å². The van der Waals surface area contributed by atoms with Crippen molar-refractivity contribution in [2.45, 2.75) is 16.7 Å². The number of carbonyl (C=O) groups is 1. The number of benzene rings is 2. The summed E-state index contributed by atoms with van der Waals surface area (Å²) in [4.78, 5) is 14.7. The minimum atomic E-state index is -0.117. The number of amides is 1. The summed E-state index contributed by atoms with van der Waals surface area (Å²) >= 11 is 8.03. The average Bonchev–Trinajstić information content (AvgIpc) is 2.81. The molecule has 3 rings (SSSR count). The molecule has 0 atom stereocenters. The zero-order valence-corrected chi connectivity index (χ0v) is 14.3. The van der Waals surface area contributed by atoms with Crippen LogP contribution in [0.25, 0.3) is 6.08 Å². The fourth-order valence-corrected chi connectivity index (χ4v) is 3.95. The van der Waals surface area contributed by atoms with Crippen LogP contribution in [0.1, 0.15) is 11.1 Å². The van der Waals surface area contributed by atoms with E-state index in [0.717, 1.165) is 5.56 Å². The Bertz CT molecular complexity index is 766. The van der Waals surface area contributed by atoms with Crippen LogP contribution in [0.15, 0.2) is 63.2 Å². The fourth-order valence-electron chi connectivity index (χ4n) is 2.00. The number of carbonyl (C=O) groups excluding carboxylic acids is 1. The molecule has 0 saturated carbocycles. The van der Waals surface area contributed by atoms with Crippen molar-refractivity contribution in [1.29, 1.82) is 0 Å². The number of thioether (sulfide) groups is 1. The molecule has 1 heterocycles. The standard InChI is InChI=1S/C17H13NOS3/c1-11-4-2-3-5-14(11)21-13-8-6-12(7-9-13)10-15-16(19)18-17(20)22-15/h2-10H,1H3,(H,18,19,20)/b15-10-. The van der Waals surface area contributed by atoms with Gasteiger partial charge in [-0.3, -0.25) is 4.79 Å². The van der Waals surface area contributed by atoms with Crippen LogP contribution in [0.4, 0.5) is 0 Å². The summed E-state index contributed by atoms with van der Waals surface area (Å²) in [5, 5.41) is 2.62. The van der Waals surface area contributed by atoms with E-state index in [4.69, 9.17) is 12.2 Å². The first-order chi connectivity index (χ1) is 10.6. The van der Waals surface area contributed by atoms with E-state index >= 15 is 0 Å². The number of hydrogen-bond donors (Lipinski definition) is 1. The molecule has 0 bridgehead atoms. The average molecular weight is 343 g/mol. The van der Waals surface area contributed by atoms with Gasteiger partial charge in [-0.2, -0.15) is 0 Å². The highest BCUT2D eigenvalue weighted by atomic mass is 32.2. The van der Waals surface area contributed by atoms with Crippen LogP contribution in [-0.4, -0.2) is 10.2 Å². The summed E-state index contributed by atoms with van der Waals surface area (Å²) in [5.74, 6) is -0.117. The maximum absolute atomic E-state index is 11.6. The molecular formula is C17H13NOS3.